The SMILES string of the molecule is N#CCCCn1cnc(-c2ccc(Cl)nc2)c1. The van der Waals surface area contributed by atoms with E-state index in [0.717, 1.165) is 24.2 Å². The van der Waals surface area contributed by atoms with Crippen LogP contribution in [0.4, 0.5) is 0 Å². The van der Waals surface area contributed by atoms with Crippen LogP contribution in [0.2, 0.25) is 5.15 Å². The number of pyridine rings is 1. The molecule has 2 rings (SSSR count). The molecule has 0 amide bonds. The van der Waals surface area contributed by atoms with Crippen LogP contribution < -0.4 is 0 Å². The first-order valence-corrected chi connectivity index (χ1v) is 5.68. The van der Waals surface area contributed by atoms with Crippen molar-refractivity contribution in [3.63, 3.8) is 0 Å². The van der Waals surface area contributed by atoms with E-state index >= 15 is 0 Å². The molecule has 0 atom stereocenters. The van der Waals surface area contributed by atoms with Gasteiger partial charge in [0.2, 0.25) is 0 Å². The van der Waals surface area contributed by atoms with E-state index in [-0.39, 0.29) is 0 Å². The number of hydrogen-bond acceptors (Lipinski definition) is 3. The summed E-state index contributed by atoms with van der Waals surface area (Å²) in [6, 6.07) is 5.75. The maximum atomic E-state index is 8.46. The number of aromatic nitrogens is 3. The maximum absolute atomic E-state index is 8.46. The summed E-state index contributed by atoms with van der Waals surface area (Å²) in [5.41, 5.74) is 1.81. The van der Waals surface area contributed by atoms with E-state index in [2.05, 4.69) is 16.0 Å². The largest absolute Gasteiger partial charge is 0.337 e. The Bertz CT molecular complexity index is 524. The van der Waals surface area contributed by atoms with Crippen molar-refractivity contribution in [2.45, 2.75) is 19.4 Å². The van der Waals surface area contributed by atoms with Gasteiger partial charge in [-0.3, -0.25) is 0 Å². The third-order valence-corrected chi connectivity index (χ3v) is 2.58. The van der Waals surface area contributed by atoms with Crippen molar-refractivity contribution in [1.82, 2.24) is 14.5 Å². The van der Waals surface area contributed by atoms with Gasteiger partial charge in [-0.05, 0) is 18.6 Å². The fourth-order valence-electron chi connectivity index (χ4n) is 1.50. The summed E-state index contributed by atoms with van der Waals surface area (Å²) in [4.78, 5) is 8.31. The topological polar surface area (TPSA) is 54.5 Å². The Morgan fingerprint density at radius 1 is 1.35 bits per heavy atom. The van der Waals surface area contributed by atoms with E-state index in [1.807, 2.05) is 16.8 Å². The summed E-state index contributed by atoms with van der Waals surface area (Å²) in [5.74, 6) is 0. The molecule has 86 valence electrons. The molecule has 0 fully saturated rings. The number of nitriles is 1. The second-order valence-corrected chi connectivity index (χ2v) is 4.02. The summed E-state index contributed by atoms with van der Waals surface area (Å²) in [7, 11) is 0. The summed E-state index contributed by atoms with van der Waals surface area (Å²) in [5, 5.41) is 8.93. The first-order chi connectivity index (χ1) is 8.29. The molecular formula is C12H11ClN4. The number of hydrogen-bond donors (Lipinski definition) is 0. The third kappa shape index (κ3) is 3.05. The first-order valence-electron chi connectivity index (χ1n) is 5.30. The van der Waals surface area contributed by atoms with Gasteiger partial charge in [0.05, 0.1) is 18.1 Å². The molecule has 0 unspecified atom stereocenters. The van der Waals surface area contributed by atoms with Gasteiger partial charge in [-0.2, -0.15) is 5.26 Å². The number of nitrogens with zero attached hydrogens (tertiary/aromatic N) is 4. The summed E-state index contributed by atoms with van der Waals surface area (Å²) < 4.78 is 1.97. The molecule has 0 bridgehead atoms. The molecule has 0 saturated carbocycles. The van der Waals surface area contributed by atoms with E-state index in [1.165, 1.54) is 0 Å². The van der Waals surface area contributed by atoms with Crippen molar-refractivity contribution in [2.24, 2.45) is 0 Å². The lowest BCUT2D eigenvalue weighted by Gasteiger charge is -1.98. The molecule has 0 saturated heterocycles. The number of imidazole rings is 1. The predicted octanol–water partition coefficient (Wildman–Crippen LogP) is 2.90. The fourth-order valence-corrected chi connectivity index (χ4v) is 1.61. The lowest BCUT2D eigenvalue weighted by Crippen LogP contribution is -1.93. The summed E-state index contributed by atoms with van der Waals surface area (Å²) >= 11 is 5.72. The minimum Gasteiger partial charge on any atom is -0.337 e. The zero-order chi connectivity index (χ0) is 12.1. The van der Waals surface area contributed by atoms with Gasteiger partial charge in [0.15, 0.2) is 0 Å². The Morgan fingerprint density at radius 3 is 2.94 bits per heavy atom. The van der Waals surface area contributed by atoms with Crippen molar-refractivity contribution >= 4 is 11.6 Å². The van der Waals surface area contributed by atoms with E-state index < -0.39 is 0 Å². The number of aryl methyl sites for hydroxylation is 1. The quantitative estimate of drug-likeness (QED) is 0.616. The Kier molecular flexibility index (Phi) is 3.73. The van der Waals surface area contributed by atoms with Crippen LogP contribution in [0.3, 0.4) is 0 Å². The van der Waals surface area contributed by atoms with Crippen molar-refractivity contribution < 1.29 is 0 Å². The van der Waals surface area contributed by atoms with Gasteiger partial charge in [0.1, 0.15) is 5.15 Å². The van der Waals surface area contributed by atoms with Crippen LogP contribution in [0.15, 0.2) is 30.9 Å². The molecule has 0 aliphatic heterocycles. The van der Waals surface area contributed by atoms with Crippen LogP contribution in [0.5, 0.6) is 0 Å². The Balaban J connectivity index is 2.08. The summed E-state index contributed by atoms with van der Waals surface area (Å²) in [6.45, 7) is 0.807. The standard InChI is InChI=1S/C12H11ClN4/c13-12-4-3-10(7-15-12)11-8-17(9-16-11)6-2-1-5-14/h3-4,7-9H,1-2,6H2. The van der Waals surface area contributed by atoms with Gasteiger partial charge < -0.3 is 4.57 Å². The van der Waals surface area contributed by atoms with E-state index in [0.29, 0.717) is 11.6 Å². The normalized spacial score (nSPS) is 10.1. The van der Waals surface area contributed by atoms with Gasteiger partial charge in [-0.1, -0.05) is 11.6 Å². The smallest absolute Gasteiger partial charge is 0.129 e. The summed E-state index contributed by atoms with van der Waals surface area (Å²) in [6.07, 6.45) is 6.81. The number of rotatable bonds is 4. The highest BCUT2D eigenvalue weighted by molar-refractivity contribution is 6.29. The van der Waals surface area contributed by atoms with E-state index in [4.69, 9.17) is 16.9 Å². The van der Waals surface area contributed by atoms with Gasteiger partial charge in [0, 0.05) is 30.9 Å². The Hall–Kier alpha value is -1.86. The van der Waals surface area contributed by atoms with E-state index in [1.54, 1.807) is 18.6 Å². The van der Waals surface area contributed by atoms with Crippen LogP contribution in [-0.4, -0.2) is 14.5 Å². The average Bonchev–Trinajstić information content (AvgIpc) is 2.79. The molecule has 0 N–H and O–H groups in total. The monoisotopic (exact) mass is 246 g/mol. The zero-order valence-electron chi connectivity index (χ0n) is 9.17. The van der Waals surface area contributed by atoms with E-state index in [9.17, 15) is 0 Å². The molecule has 0 spiro atoms. The fraction of sp³-hybridized carbons (Fsp3) is 0.250. The second-order valence-electron chi connectivity index (χ2n) is 3.63. The van der Waals surface area contributed by atoms with Crippen LogP contribution in [-0.2, 0) is 6.54 Å². The lowest BCUT2D eigenvalue weighted by molar-refractivity contribution is 0.653. The highest BCUT2D eigenvalue weighted by Gasteiger charge is 2.02. The van der Waals surface area contributed by atoms with Crippen LogP contribution in [0, 0.1) is 11.3 Å². The minimum atomic E-state index is 0.474. The molecule has 0 radical (unpaired) electrons. The van der Waals surface area contributed by atoms with Crippen LogP contribution >= 0.6 is 11.6 Å². The molecule has 0 aliphatic carbocycles. The average molecular weight is 247 g/mol. The van der Waals surface area contributed by atoms with Crippen LogP contribution in [0.1, 0.15) is 12.8 Å². The molecule has 2 aromatic heterocycles. The minimum absolute atomic E-state index is 0.474. The molecule has 17 heavy (non-hydrogen) atoms. The molecule has 2 heterocycles. The number of halogens is 1. The maximum Gasteiger partial charge on any atom is 0.129 e. The molecule has 0 aromatic carbocycles. The molecule has 5 heteroatoms. The van der Waals surface area contributed by atoms with Crippen LogP contribution in [0.25, 0.3) is 11.3 Å². The first kappa shape index (κ1) is 11.6. The van der Waals surface area contributed by atoms with Gasteiger partial charge in [-0.15, -0.1) is 0 Å². The number of unbranched alkanes of at least 4 members (excludes halogenated alkanes) is 1. The molecule has 4 nitrogen and oxygen atoms in total. The molecule has 0 aliphatic rings. The highest BCUT2D eigenvalue weighted by atomic mass is 35.5. The van der Waals surface area contributed by atoms with Crippen molar-refractivity contribution in [2.75, 3.05) is 0 Å². The van der Waals surface area contributed by atoms with Gasteiger partial charge in [0.25, 0.3) is 0 Å². The highest BCUT2D eigenvalue weighted by Crippen LogP contribution is 2.17. The second kappa shape index (κ2) is 5.46. The Morgan fingerprint density at radius 2 is 2.24 bits per heavy atom. The Labute approximate surface area is 105 Å². The predicted molar refractivity (Wildman–Crippen MR) is 65.3 cm³/mol. The van der Waals surface area contributed by atoms with Gasteiger partial charge >= 0.3 is 0 Å². The molecular weight excluding hydrogens is 236 g/mol. The lowest BCUT2D eigenvalue weighted by atomic mass is 10.2. The molecule has 2 aromatic rings. The zero-order valence-corrected chi connectivity index (χ0v) is 9.93. The third-order valence-electron chi connectivity index (χ3n) is 2.36. The van der Waals surface area contributed by atoms with Crippen molar-refractivity contribution in [3.8, 4) is 17.3 Å². The van der Waals surface area contributed by atoms with Crippen molar-refractivity contribution in [3.05, 3.63) is 36.0 Å². The van der Waals surface area contributed by atoms with Crippen molar-refractivity contribution in [1.29, 1.82) is 5.26 Å². The van der Waals surface area contributed by atoms with Gasteiger partial charge in [-0.25, -0.2) is 9.97 Å².